The minimum atomic E-state index is -4.65. The normalized spacial score (nSPS) is 11.6. The van der Waals surface area contributed by atoms with Gasteiger partial charge in [0.25, 0.3) is 0 Å². The molecule has 2 rings (SSSR count). The van der Waals surface area contributed by atoms with Gasteiger partial charge in [-0.25, -0.2) is 16.8 Å². The molecule has 0 aliphatic rings. The maximum atomic E-state index is 11.0. The Balaban J connectivity index is 0. The second kappa shape index (κ2) is 14.9. The Morgan fingerprint density at radius 2 is 1.09 bits per heavy atom. The van der Waals surface area contributed by atoms with Gasteiger partial charge in [0.2, 0.25) is 0 Å². The van der Waals surface area contributed by atoms with E-state index in [1.54, 1.807) is 0 Å². The van der Waals surface area contributed by atoms with Crippen LogP contribution in [0.1, 0.15) is 17.5 Å². The maximum Gasteiger partial charge on any atom is 1.00 e. The number of hydrogen-bond acceptors (Lipinski definition) is 10. The van der Waals surface area contributed by atoms with Crippen molar-refractivity contribution >= 4 is 32.7 Å². The zero-order valence-corrected chi connectivity index (χ0v) is 23.8. The maximum absolute atomic E-state index is 11.0. The summed E-state index contributed by atoms with van der Waals surface area (Å²) in [7, 11) is -9.29. The Labute approximate surface area is 240 Å². The van der Waals surface area contributed by atoms with Crippen molar-refractivity contribution in [3.8, 4) is 11.5 Å². The van der Waals surface area contributed by atoms with Gasteiger partial charge in [0, 0.05) is 53.4 Å². The number of phenols is 2. The van der Waals surface area contributed by atoms with E-state index in [1.165, 1.54) is 12.4 Å². The molecule has 0 spiro atoms. The number of aromatic hydroxyl groups is 2. The summed E-state index contributed by atoms with van der Waals surface area (Å²) in [6.45, 7) is 0.512. The smallest absolute Gasteiger partial charge is 0.744 e. The van der Waals surface area contributed by atoms with E-state index in [9.17, 15) is 36.2 Å². The first-order valence-corrected chi connectivity index (χ1v) is 10.9. The van der Waals surface area contributed by atoms with Crippen molar-refractivity contribution in [3.63, 3.8) is 0 Å². The number of benzene rings is 2. The van der Waals surface area contributed by atoms with Gasteiger partial charge in [0.15, 0.2) is 0 Å². The summed E-state index contributed by atoms with van der Waals surface area (Å²) in [5.41, 5.74) is 0.150. The molecule has 0 unspecified atom stereocenters. The summed E-state index contributed by atoms with van der Waals surface area (Å²) in [5, 5.41) is 19.3. The molecule has 2 N–H and O–H groups in total. The van der Waals surface area contributed by atoms with Crippen molar-refractivity contribution in [2.75, 3.05) is 13.1 Å². The van der Waals surface area contributed by atoms with Gasteiger partial charge >= 0.3 is 59.1 Å². The van der Waals surface area contributed by atoms with Crippen molar-refractivity contribution in [1.82, 2.24) is 0 Å². The van der Waals surface area contributed by atoms with Crippen molar-refractivity contribution in [3.05, 3.63) is 47.5 Å². The molecule has 0 aliphatic carbocycles. The molecule has 0 aliphatic heterocycles. The molecule has 32 heavy (non-hydrogen) atoms. The van der Waals surface area contributed by atoms with Crippen LogP contribution in [0, 0.1) is 0 Å². The Kier molecular flexibility index (Phi) is 15.7. The summed E-state index contributed by atoms with van der Waals surface area (Å²) >= 11 is 0. The van der Waals surface area contributed by atoms with Crippen LogP contribution in [0.15, 0.2) is 56.2 Å². The van der Waals surface area contributed by atoms with Gasteiger partial charge in [-0.05, 0) is 42.8 Å². The second-order valence-electron chi connectivity index (χ2n) is 5.77. The van der Waals surface area contributed by atoms with Crippen LogP contribution in [0.4, 0.5) is 0 Å². The molecule has 2 aromatic rings. The molecule has 165 valence electrons. The van der Waals surface area contributed by atoms with E-state index in [0.717, 1.165) is 36.4 Å². The minimum Gasteiger partial charge on any atom is -0.744 e. The molecule has 0 bridgehead atoms. The third-order valence-corrected chi connectivity index (χ3v) is 5.27. The number of aliphatic imine (C=N–C) groups is 2. The molecule has 0 saturated heterocycles. The van der Waals surface area contributed by atoms with Crippen LogP contribution >= 0.6 is 0 Å². The molecule has 2 aromatic carbocycles. The van der Waals surface area contributed by atoms with Crippen molar-refractivity contribution in [2.45, 2.75) is 16.2 Å². The molecular weight excluding hydrogens is 529 g/mol. The first-order valence-electron chi connectivity index (χ1n) is 8.06. The molecule has 15 heteroatoms. The van der Waals surface area contributed by atoms with E-state index in [2.05, 4.69) is 9.98 Å². The van der Waals surface area contributed by atoms with Crippen LogP contribution in [0.3, 0.4) is 0 Å². The molecule has 0 fully saturated rings. The van der Waals surface area contributed by atoms with E-state index < -0.39 is 30.0 Å². The molecule has 0 saturated carbocycles. The molecule has 0 aromatic heterocycles. The Bertz CT molecular complexity index is 1080. The third-order valence-electron chi connectivity index (χ3n) is 3.61. The fraction of sp³-hybridized carbons (Fsp3) is 0.176. The Morgan fingerprint density at radius 3 is 1.41 bits per heavy atom. The van der Waals surface area contributed by atoms with Gasteiger partial charge in [-0.15, -0.1) is 0 Å². The fourth-order valence-corrected chi connectivity index (χ4v) is 3.17. The zero-order chi connectivity index (χ0) is 21.7. The minimum absolute atomic E-state index is 0. The average Bonchev–Trinajstić information content (AvgIpc) is 2.61. The molecule has 1 radical (unpaired) electrons. The molecule has 0 atom stereocenters. The summed E-state index contributed by atoms with van der Waals surface area (Å²) in [5.74, 6) is -0.467. The van der Waals surface area contributed by atoms with E-state index in [-0.39, 0.29) is 112 Å². The van der Waals surface area contributed by atoms with E-state index >= 15 is 0 Å². The van der Waals surface area contributed by atoms with Crippen LogP contribution in [-0.2, 0) is 37.0 Å². The number of hydrogen-bond donors (Lipinski definition) is 2. The van der Waals surface area contributed by atoms with Gasteiger partial charge in [-0.3, -0.25) is 9.98 Å². The van der Waals surface area contributed by atoms with Gasteiger partial charge in [0.05, 0.1) is 9.79 Å². The van der Waals surface area contributed by atoms with E-state index in [0.29, 0.717) is 6.42 Å². The second-order valence-corrected chi connectivity index (χ2v) is 8.53. The molecule has 10 nitrogen and oxygen atoms in total. The topological polar surface area (TPSA) is 180 Å². The Hall–Kier alpha value is -0.294. The number of rotatable bonds is 8. The van der Waals surface area contributed by atoms with E-state index in [4.69, 9.17) is 0 Å². The Morgan fingerprint density at radius 1 is 0.750 bits per heavy atom. The van der Waals surface area contributed by atoms with E-state index in [1.807, 2.05) is 0 Å². The quantitative estimate of drug-likeness (QED) is 0.143. The zero-order valence-electron chi connectivity index (χ0n) is 17.1. The molecule has 0 amide bonds. The summed E-state index contributed by atoms with van der Waals surface area (Å²) in [6, 6.07) is 6.18. The van der Waals surface area contributed by atoms with Crippen molar-refractivity contribution < 1.29 is 112 Å². The van der Waals surface area contributed by atoms with Crippen LogP contribution < -0.4 is 59.1 Å². The van der Waals surface area contributed by atoms with Crippen LogP contribution in [0.5, 0.6) is 11.5 Å². The number of nitrogens with zero attached hydrogens (tertiary/aromatic N) is 2. The van der Waals surface area contributed by atoms with Crippen LogP contribution in [0.25, 0.3) is 0 Å². The van der Waals surface area contributed by atoms with Crippen molar-refractivity contribution in [1.29, 1.82) is 0 Å². The van der Waals surface area contributed by atoms with Crippen molar-refractivity contribution in [2.24, 2.45) is 9.98 Å². The van der Waals surface area contributed by atoms with Gasteiger partial charge in [0.1, 0.15) is 31.7 Å². The largest absolute Gasteiger partial charge is 1.00 e. The predicted octanol–water partition coefficient (Wildman–Crippen LogP) is -5.16. The molecular formula is C17H16CoN2Na2O8S2. The molecule has 0 heterocycles. The van der Waals surface area contributed by atoms with Gasteiger partial charge < -0.3 is 19.3 Å². The first kappa shape index (κ1) is 33.9. The van der Waals surface area contributed by atoms with Crippen LogP contribution in [-0.4, -0.2) is 61.7 Å². The first-order chi connectivity index (χ1) is 13.5. The average molecular weight is 545 g/mol. The van der Waals surface area contributed by atoms with Gasteiger partial charge in [-0.2, -0.15) is 0 Å². The standard InChI is InChI=1S/C17H18N2O8S2.Co.2Na/c20-16-4-2-14(28(22,23)24)8-12(16)10-18-6-1-7-19-11-13-9-15(29(25,26)27)3-5-17(13)21;;;/h2-5,8-11,20-21H,1,6-7H2,(H,22,23,24)(H,25,26,27);;;/q;;2*+1/p-2. The van der Waals surface area contributed by atoms with Gasteiger partial charge in [-0.1, -0.05) is 0 Å². The summed E-state index contributed by atoms with van der Waals surface area (Å²) in [6.07, 6.45) is 2.89. The predicted molar refractivity (Wildman–Crippen MR) is 102 cm³/mol. The third kappa shape index (κ3) is 10.8. The summed E-state index contributed by atoms with van der Waals surface area (Å²) < 4.78 is 66.0. The SMILES string of the molecule is O=S(=O)([O-])c1ccc(O)c(C=NCCCN=Cc2cc(S(=O)(=O)[O-])ccc2O)c1.[Co].[Na+].[Na+]. The fourth-order valence-electron chi connectivity index (χ4n) is 2.16. The monoisotopic (exact) mass is 545 g/mol. The van der Waals surface area contributed by atoms with Crippen LogP contribution in [0.2, 0.25) is 0 Å². The summed E-state index contributed by atoms with van der Waals surface area (Å²) in [4.78, 5) is 7.05. The number of phenolic OH excluding ortho intramolecular Hbond substituents is 2.